The Morgan fingerprint density at radius 3 is 2.75 bits per heavy atom. The number of rotatable bonds is 9. The average molecular weight is 599 g/mol. The first kappa shape index (κ1) is 28.2. The number of nitrogens with zero attached hydrogens (tertiary/aromatic N) is 6. The first-order chi connectivity index (χ1) is 21.5. The topological polar surface area (TPSA) is 126 Å². The van der Waals surface area contributed by atoms with Crippen LogP contribution in [0.4, 0.5) is 10.2 Å². The molecule has 7 rings (SSSR count). The first-order valence-electron chi connectivity index (χ1n) is 14.7. The van der Waals surface area contributed by atoms with Crippen LogP contribution in [0.1, 0.15) is 33.7 Å². The predicted molar refractivity (Wildman–Crippen MR) is 157 cm³/mol. The summed E-state index contributed by atoms with van der Waals surface area (Å²) in [5.41, 5.74) is 2.41. The number of hydrogen-bond acceptors (Lipinski definition) is 9. The van der Waals surface area contributed by atoms with Gasteiger partial charge in [-0.05, 0) is 42.8 Å². The normalized spacial score (nSPS) is 21.5. The zero-order valence-corrected chi connectivity index (χ0v) is 23.9. The fourth-order valence-corrected chi connectivity index (χ4v) is 6.20. The van der Waals surface area contributed by atoms with Gasteiger partial charge in [0.1, 0.15) is 24.1 Å². The molecule has 3 aliphatic rings. The molecule has 0 aliphatic carbocycles. The van der Waals surface area contributed by atoms with Gasteiger partial charge in [0.15, 0.2) is 0 Å². The Bertz CT molecular complexity index is 1750. The molecule has 3 aliphatic heterocycles. The van der Waals surface area contributed by atoms with Crippen LogP contribution in [0.2, 0.25) is 0 Å². The molecule has 1 N–H and O–H groups in total. The Morgan fingerprint density at radius 2 is 1.98 bits per heavy atom. The maximum atomic E-state index is 14.4. The van der Waals surface area contributed by atoms with Crippen LogP contribution >= 0.6 is 0 Å². The number of carboxylic acids is 1. The Labute approximate surface area is 253 Å². The summed E-state index contributed by atoms with van der Waals surface area (Å²) in [5.74, 6) is 0.571. The van der Waals surface area contributed by atoms with Crippen LogP contribution in [0.5, 0.6) is 5.88 Å². The smallest absolute Gasteiger partial charge is 0.335 e. The second kappa shape index (κ2) is 11.8. The van der Waals surface area contributed by atoms with E-state index in [4.69, 9.17) is 29.4 Å². The minimum atomic E-state index is -0.965. The summed E-state index contributed by atoms with van der Waals surface area (Å²) < 4.78 is 34.0. The standard InChI is InChI=1S/C32H31FN6O5/c33-24-12-20(14-34)4-5-22(24)17-44-31-3-1-2-29(36-31)38-10-9-37(27-18-42-19-28(27)38)16-30-35-25-7-6-21(32(40)41)13-26(25)39(30)15-23-8-11-43-23/h1-7,12-13,23,27-28H,8-11,15-19H2,(H,40,41). The molecule has 5 heterocycles. The summed E-state index contributed by atoms with van der Waals surface area (Å²) in [5, 5.41) is 18.6. The van der Waals surface area contributed by atoms with Gasteiger partial charge in [0.2, 0.25) is 5.88 Å². The van der Waals surface area contributed by atoms with Crippen molar-refractivity contribution in [3.8, 4) is 11.9 Å². The van der Waals surface area contributed by atoms with Gasteiger partial charge in [0.05, 0.1) is 72.7 Å². The lowest BCUT2D eigenvalue weighted by atomic mass is 10.0. The van der Waals surface area contributed by atoms with Crippen LogP contribution in [0.25, 0.3) is 11.0 Å². The third-order valence-electron chi connectivity index (χ3n) is 8.68. The number of nitriles is 1. The molecular formula is C32H31FN6O5. The van der Waals surface area contributed by atoms with E-state index < -0.39 is 11.8 Å². The number of fused-ring (bicyclic) bond motifs is 2. The highest BCUT2D eigenvalue weighted by Crippen LogP contribution is 2.31. The minimum Gasteiger partial charge on any atom is -0.478 e. The average Bonchev–Trinajstić information content (AvgIpc) is 3.63. The number of ether oxygens (including phenoxy) is 3. The van der Waals surface area contributed by atoms with Crippen LogP contribution in [0.15, 0.2) is 54.6 Å². The molecular weight excluding hydrogens is 567 g/mol. The van der Waals surface area contributed by atoms with E-state index >= 15 is 0 Å². The maximum absolute atomic E-state index is 14.4. The summed E-state index contributed by atoms with van der Waals surface area (Å²) in [6.45, 7) is 4.54. The third-order valence-corrected chi connectivity index (χ3v) is 8.68. The van der Waals surface area contributed by atoms with E-state index in [9.17, 15) is 14.3 Å². The van der Waals surface area contributed by atoms with E-state index in [1.54, 1.807) is 36.4 Å². The van der Waals surface area contributed by atoms with Crippen molar-refractivity contribution in [3.05, 3.63) is 82.9 Å². The summed E-state index contributed by atoms with van der Waals surface area (Å²) in [6, 6.07) is 17.0. The Balaban J connectivity index is 1.08. The molecule has 3 atom stereocenters. The van der Waals surface area contributed by atoms with E-state index in [1.165, 1.54) is 6.07 Å². The fourth-order valence-electron chi connectivity index (χ4n) is 6.20. The number of pyridine rings is 1. The van der Waals surface area contributed by atoms with E-state index in [0.717, 1.165) is 42.2 Å². The molecule has 11 nitrogen and oxygen atoms in total. The van der Waals surface area contributed by atoms with Crippen LogP contribution in [0, 0.1) is 17.1 Å². The Kier molecular flexibility index (Phi) is 7.59. The third kappa shape index (κ3) is 5.45. The van der Waals surface area contributed by atoms with Crippen LogP contribution in [0.3, 0.4) is 0 Å². The van der Waals surface area contributed by atoms with Gasteiger partial charge in [-0.25, -0.2) is 14.2 Å². The van der Waals surface area contributed by atoms with Crippen molar-refractivity contribution in [3.63, 3.8) is 0 Å². The highest BCUT2D eigenvalue weighted by Gasteiger charge is 2.42. The van der Waals surface area contributed by atoms with Crippen molar-refractivity contribution in [2.75, 3.05) is 37.8 Å². The minimum absolute atomic E-state index is 0.00219. The molecule has 3 unspecified atom stereocenters. The van der Waals surface area contributed by atoms with Crippen LogP contribution in [-0.4, -0.2) is 81.6 Å². The van der Waals surface area contributed by atoms with Crippen molar-refractivity contribution in [2.45, 2.75) is 44.3 Å². The SMILES string of the molecule is N#Cc1ccc(COc2cccc(N3CCN(Cc4nc5ccc(C(=O)O)cc5n4CC4CCO4)C4COCC43)n2)c(F)c1. The van der Waals surface area contributed by atoms with Crippen LogP contribution < -0.4 is 9.64 Å². The summed E-state index contributed by atoms with van der Waals surface area (Å²) in [4.78, 5) is 26.0. The quantitative estimate of drug-likeness (QED) is 0.306. The van der Waals surface area contributed by atoms with Crippen molar-refractivity contribution in [1.29, 1.82) is 5.26 Å². The largest absolute Gasteiger partial charge is 0.478 e. The molecule has 3 fully saturated rings. The molecule has 0 radical (unpaired) electrons. The molecule has 12 heteroatoms. The van der Waals surface area contributed by atoms with Gasteiger partial charge in [-0.2, -0.15) is 10.2 Å². The number of aromatic carboxylic acids is 1. The molecule has 0 spiro atoms. The van der Waals surface area contributed by atoms with Crippen molar-refractivity contribution < 1.29 is 28.5 Å². The lowest BCUT2D eigenvalue weighted by molar-refractivity contribution is -0.0592. The second-order valence-electron chi connectivity index (χ2n) is 11.3. The molecule has 4 aromatic rings. The van der Waals surface area contributed by atoms with Gasteiger partial charge >= 0.3 is 5.97 Å². The molecule has 2 aromatic heterocycles. The van der Waals surface area contributed by atoms with Crippen molar-refractivity contribution in [1.82, 2.24) is 19.4 Å². The van der Waals surface area contributed by atoms with E-state index in [-0.39, 0.29) is 35.9 Å². The van der Waals surface area contributed by atoms with E-state index in [1.807, 2.05) is 18.2 Å². The van der Waals surface area contributed by atoms with Crippen molar-refractivity contribution in [2.24, 2.45) is 0 Å². The molecule has 0 bridgehead atoms. The lowest BCUT2D eigenvalue weighted by Crippen LogP contribution is -2.59. The predicted octanol–water partition coefficient (Wildman–Crippen LogP) is 3.60. The zero-order valence-electron chi connectivity index (χ0n) is 23.9. The number of carboxylic acid groups (broad SMARTS) is 1. The summed E-state index contributed by atoms with van der Waals surface area (Å²) in [6.07, 6.45) is 1.06. The van der Waals surface area contributed by atoms with Gasteiger partial charge in [-0.3, -0.25) is 4.90 Å². The monoisotopic (exact) mass is 598 g/mol. The number of benzene rings is 2. The number of anilines is 1. The van der Waals surface area contributed by atoms with Gasteiger partial charge in [-0.1, -0.05) is 12.1 Å². The number of piperazine rings is 1. The van der Waals surface area contributed by atoms with Crippen LogP contribution in [-0.2, 0) is 29.2 Å². The van der Waals surface area contributed by atoms with E-state index in [0.29, 0.717) is 44.3 Å². The number of imidazole rings is 1. The molecule has 0 amide bonds. The van der Waals surface area contributed by atoms with Gasteiger partial charge in [-0.15, -0.1) is 0 Å². The molecule has 2 aromatic carbocycles. The highest BCUT2D eigenvalue weighted by molar-refractivity contribution is 5.92. The number of aromatic nitrogens is 3. The van der Waals surface area contributed by atoms with Crippen molar-refractivity contribution >= 4 is 22.8 Å². The molecule has 3 saturated heterocycles. The highest BCUT2D eigenvalue weighted by atomic mass is 19.1. The first-order valence-corrected chi connectivity index (χ1v) is 14.7. The fraction of sp³-hybridized carbons (Fsp3) is 0.375. The Hall–Kier alpha value is -4.57. The number of halogens is 1. The van der Waals surface area contributed by atoms with Gasteiger partial charge < -0.3 is 28.8 Å². The Morgan fingerprint density at radius 1 is 1.11 bits per heavy atom. The second-order valence-corrected chi connectivity index (χ2v) is 11.3. The zero-order chi connectivity index (χ0) is 30.2. The lowest BCUT2D eigenvalue weighted by Gasteiger charge is -2.44. The van der Waals surface area contributed by atoms with E-state index in [2.05, 4.69) is 14.4 Å². The molecule has 0 saturated carbocycles. The molecule has 226 valence electrons. The molecule has 44 heavy (non-hydrogen) atoms. The maximum Gasteiger partial charge on any atom is 0.335 e. The number of carbonyl (C=O) groups is 1. The summed E-state index contributed by atoms with van der Waals surface area (Å²) >= 11 is 0. The van der Waals surface area contributed by atoms with Gasteiger partial charge in [0.25, 0.3) is 0 Å². The summed E-state index contributed by atoms with van der Waals surface area (Å²) in [7, 11) is 0. The van der Waals surface area contributed by atoms with Gasteiger partial charge in [0, 0.05) is 31.3 Å². The number of hydrogen-bond donors (Lipinski definition) is 1.